The summed E-state index contributed by atoms with van der Waals surface area (Å²) in [5, 5.41) is 0. The number of ether oxygens (including phenoxy) is 2. The molecule has 1 aliphatic heterocycles. The standard InChI is InChI=1S/C17H16F3N3O3/c18-17(19,20)26-14-4-2-12(3-5-14)15(24)23-10-6-13(7-11-23)25-16-21-8-1-9-22-16/h1-5,8-9,13H,6-7,10-11H2. The van der Waals surface area contributed by atoms with Gasteiger partial charge in [-0.25, -0.2) is 9.97 Å². The summed E-state index contributed by atoms with van der Waals surface area (Å²) in [6, 6.07) is 6.90. The van der Waals surface area contributed by atoms with E-state index in [-0.39, 0.29) is 17.8 Å². The summed E-state index contributed by atoms with van der Waals surface area (Å²) in [7, 11) is 0. The second kappa shape index (κ2) is 7.59. The van der Waals surface area contributed by atoms with Crippen LogP contribution in [0.15, 0.2) is 42.7 Å². The molecule has 2 heterocycles. The predicted molar refractivity (Wildman–Crippen MR) is 84.7 cm³/mol. The monoisotopic (exact) mass is 367 g/mol. The van der Waals surface area contributed by atoms with Crippen LogP contribution < -0.4 is 9.47 Å². The van der Waals surface area contributed by atoms with Crippen LogP contribution in [-0.2, 0) is 0 Å². The highest BCUT2D eigenvalue weighted by atomic mass is 19.4. The molecule has 0 N–H and O–H groups in total. The van der Waals surface area contributed by atoms with Crippen LogP contribution in [-0.4, -0.2) is 46.3 Å². The van der Waals surface area contributed by atoms with Gasteiger partial charge in [-0.1, -0.05) is 0 Å². The Morgan fingerprint density at radius 3 is 2.27 bits per heavy atom. The van der Waals surface area contributed by atoms with E-state index >= 15 is 0 Å². The maximum absolute atomic E-state index is 12.5. The Morgan fingerprint density at radius 1 is 1.08 bits per heavy atom. The van der Waals surface area contributed by atoms with Gasteiger partial charge in [-0.05, 0) is 30.3 Å². The van der Waals surface area contributed by atoms with Crippen molar-refractivity contribution in [2.24, 2.45) is 0 Å². The number of hydrogen-bond donors (Lipinski definition) is 0. The SMILES string of the molecule is O=C(c1ccc(OC(F)(F)F)cc1)N1CCC(Oc2ncccn2)CC1. The van der Waals surface area contributed by atoms with Crippen molar-refractivity contribution in [2.75, 3.05) is 13.1 Å². The number of nitrogens with zero attached hydrogens (tertiary/aromatic N) is 3. The number of piperidine rings is 1. The van der Waals surface area contributed by atoms with E-state index in [1.807, 2.05) is 0 Å². The van der Waals surface area contributed by atoms with Gasteiger partial charge in [-0.2, -0.15) is 0 Å². The first kappa shape index (κ1) is 18.0. The lowest BCUT2D eigenvalue weighted by Crippen LogP contribution is -2.41. The van der Waals surface area contributed by atoms with Crippen LogP contribution in [0.4, 0.5) is 13.2 Å². The average molecular weight is 367 g/mol. The van der Waals surface area contributed by atoms with E-state index in [1.165, 1.54) is 12.1 Å². The summed E-state index contributed by atoms with van der Waals surface area (Å²) >= 11 is 0. The van der Waals surface area contributed by atoms with Gasteiger partial charge in [0.25, 0.3) is 5.91 Å². The number of likely N-dealkylation sites (tertiary alicyclic amines) is 1. The molecule has 0 unspecified atom stereocenters. The Bertz CT molecular complexity index is 730. The Kier molecular flexibility index (Phi) is 5.24. The molecule has 1 fully saturated rings. The minimum atomic E-state index is -4.75. The number of halogens is 3. The van der Waals surface area contributed by atoms with E-state index < -0.39 is 6.36 Å². The van der Waals surface area contributed by atoms with Crippen molar-refractivity contribution in [3.8, 4) is 11.8 Å². The first-order valence-electron chi connectivity index (χ1n) is 7.99. The number of hydrogen-bond acceptors (Lipinski definition) is 5. The molecule has 1 aromatic carbocycles. The summed E-state index contributed by atoms with van der Waals surface area (Å²) in [6.45, 7) is 0.967. The van der Waals surface area contributed by atoms with Crippen molar-refractivity contribution in [2.45, 2.75) is 25.3 Å². The van der Waals surface area contributed by atoms with Crippen LogP contribution in [0.25, 0.3) is 0 Å². The fourth-order valence-electron chi connectivity index (χ4n) is 2.65. The van der Waals surface area contributed by atoms with Gasteiger partial charge in [0, 0.05) is 43.9 Å². The molecule has 3 rings (SSSR count). The summed E-state index contributed by atoms with van der Waals surface area (Å²) in [5.74, 6) is -0.595. The molecule has 0 spiro atoms. The Balaban J connectivity index is 1.53. The Morgan fingerprint density at radius 2 is 1.69 bits per heavy atom. The van der Waals surface area contributed by atoms with Crippen LogP contribution >= 0.6 is 0 Å². The lowest BCUT2D eigenvalue weighted by Gasteiger charge is -2.31. The molecule has 6 nitrogen and oxygen atoms in total. The van der Waals surface area contributed by atoms with E-state index in [2.05, 4.69) is 14.7 Å². The van der Waals surface area contributed by atoms with E-state index in [0.29, 0.717) is 37.5 Å². The highest BCUT2D eigenvalue weighted by Gasteiger charge is 2.31. The first-order chi connectivity index (χ1) is 12.4. The number of amides is 1. The predicted octanol–water partition coefficient (Wildman–Crippen LogP) is 3.06. The van der Waals surface area contributed by atoms with Crippen LogP contribution in [0, 0.1) is 0 Å². The molecule has 0 radical (unpaired) electrons. The summed E-state index contributed by atoms with van der Waals surface area (Å²) in [4.78, 5) is 22.1. The molecule has 1 aliphatic rings. The molecule has 0 bridgehead atoms. The molecule has 0 atom stereocenters. The van der Waals surface area contributed by atoms with Crippen molar-refractivity contribution in [1.29, 1.82) is 0 Å². The topological polar surface area (TPSA) is 64.5 Å². The Hall–Kier alpha value is -2.84. The molecule has 138 valence electrons. The number of aromatic nitrogens is 2. The first-order valence-corrected chi connectivity index (χ1v) is 7.99. The molecule has 1 aromatic heterocycles. The largest absolute Gasteiger partial charge is 0.573 e. The maximum Gasteiger partial charge on any atom is 0.573 e. The number of alkyl halides is 3. The van der Waals surface area contributed by atoms with Crippen molar-refractivity contribution in [3.05, 3.63) is 48.3 Å². The lowest BCUT2D eigenvalue weighted by molar-refractivity contribution is -0.274. The third-order valence-electron chi connectivity index (χ3n) is 3.88. The van der Waals surface area contributed by atoms with Crippen LogP contribution in [0.3, 0.4) is 0 Å². The van der Waals surface area contributed by atoms with Gasteiger partial charge < -0.3 is 14.4 Å². The van der Waals surface area contributed by atoms with Gasteiger partial charge in [0.1, 0.15) is 11.9 Å². The van der Waals surface area contributed by atoms with E-state index in [4.69, 9.17) is 4.74 Å². The van der Waals surface area contributed by atoms with Gasteiger partial charge >= 0.3 is 12.4 Å². The zero-order valence-corrected chi connectivity index (χ0v) is 13.6. The highest BCUT2D eigenvalue weighted by Crippen LogP contribution is 2.24. The zero-order chi connectivity index (χ0) is 18.6. The second-order valence-corrected chi connectivity index (χ2v) is 5.71. The van der Waals surface area contributed by atoms with Crippen LogP contribution in [0.1, 0.15) is 23.2 Å². The van der Waals surface area contributed by atoms with Crippen LogP contribution in [0.5, 0.6) is 11.8 Å². The summed E-state index contributed by atoms with van der Waals surface area (Å²) in [5.41, 5.74) is 0.310. The van der Waals surface area contributed by atoms with Crippen molar-refractivity contribution >= 4 is 5.91 Å². The molecule has 1 amide bonds. The van der Waals surface area contributed by atoms with Gasteiger partial charge in [-0.3, -0.25) is 4.79 Å². The van der Waals surface area contributed by atoms with E-state index in [1.54, 1.807) is 23.4 Å². The molecule has 26 heavy (non-hydrogen) atoms. The number of carbonyl (C=O) groups is 1. The molecule has 0 saturated carbocycles. The Labute approximate surface area is 147 Å². The molecule has 1 saturated heterocycles. The van der Waals surface area contributed by atoms with E-state index in [0.717, 1.165) is 12.1 Å². The van der Waals surface area contributed by atoms with Crippen molar-refractivity contribution in [1.82, 2.24) is 14.9 Å². The normalized spacial score (nSPS) is 15.6. The summed E-state index contributed by atoms with van der Waals surface area (Å²) in [6.07, 6.45) is -0.404. The van der Waals surface area contributed by atoms with Gasteiger partial charge in [0.05, 0.1) is 0 Å². The minimum Gasteiger partial charge on any atom is -0.460 e. The van der Waals surface area contributed by atoms with Gasteiger partial charge in [-0.15, -0.1) is 13.2 Å². The van der Waals surface area contributed by atoms with Gasteiger partial charge in [0.15, 0.2) is 0 Å². The lowest BCUT2D eigenvalue weighted by atomic mass is 10.1. The van der Waals surface area contributed by atoms with Gasteiger partial charge in [0.2, 0.25) is 0 Å². The number of carbonyl (C=O) groups excluding carboxylic acids is 1. The number of rotatable bonds is 4. The minimum absolute atomic E-state index is 0.0796. The van der Waals surface area contributed by atoms with Crippen molar-refractivity contribution < 1.29 is 27.4 Å². The molecule has 2 aromatic rings. The number of benzene rings is 1. The third kappa shape index (κ3) is 4.84. The highest BCUT2D eigenvalue weighted by molar-refractivity contribution is 5.94. The van der Waals surface area contributed by atoms with Crippen LogP contribution in [0.2, 0.25) is 0 Å². The molecular formula is C17H16F3N3O3. The van der Waals surface area contributed by atoms with Crippen molar-refractivity contribution in [3.63, 3.8) is 0 Å². The molecule has 9 heteroatoms. The maximum atomic E-state index is 12.5. The van der Waals surface area contributed by atoms with E-state index in [9.17, 15) is 18.0 Å². The quantitative estimate of drug-likeness (QED) is 0.831. The second-order valence-electron chi connectivity index (χ2n) is 5.71. The molecular weight excluding hydrogens is 351 g/mol. The fraction of sp³-hybridized carbons (Fsp3) is 0.353. The molecule has 0 aliphatic carbocycles. The average Bonchev–Trinajstić information content (AvgIpc) is 2.62. The zero-order valence-electron chi connectivity index (χ0n) is 13.6. The summed E-state index contributed by atoms with van der Waals surface area (Å²) < 4.78 is 46.0. The smallest absolute Gasteiger partial charge is 0.460 e. The fourth-order valence-corrected chi connectivity index (χ4v) is 2.65. The third-order valence-corrected chi connectivity index (χ3v) is 3.88.